The third-order valence-electron chi connectivity index (χ3n) is 2.60. The van der Waals surface area contributed by atoms with Crippen molar-refractivity contribution >= 4 is 17.3 Å². The summed E-state index contributed by atoms with van der Waals surface area (Å²) >= 11 is 1.38. The first-order valence-electron chi connectivity index (χ1n) is 6.02. The summed E-state index contributed by atoms with van der Waals surface area (Å²) in [4.78, 5) is 14.7. The van der Waals surface area contributed by atoms with E-state index in [0.29, 0.717) is 6.61 Å². The maximum Gasteiger partial charge on any atom is 0.355 e. The van der Waals surface area contributed by atoms with E-state index in [0.717, 1.165) is 23.6 Å². The average Bonchev–Trinajstić information content (AvgIpc) is 2.86. The van der Waals surface area contributed by atoms with Gasteiger partial charge in [-0.1, -0.05) is 17.7 Å². The highest BCUT2D eigenvalue weighted by Gasteiger charge is 2.08. The number of thiazole rings is 1. The number of carboxylic acids is 1. The number of aromatic nitrogens is 1. The lowest BCUT2D eigenvalue weighted by molar-refractivity contribution is 0.0691. The highest BCUT2D eigenvalue weighted by atomic mass is 32.1. The molecular weight excluding hydrogens is 262 g/mol. The molecule has 2 aromatic rings. The molecule has 5 heteroatoms. The van der Waals surface area contributed by atoms with Crippen molar-refractivity contribution in [3.63, 3.8) is 0 Å². The molecule has 0 aliphatic rings. The summed E-state index contributed by atoms with van der Waals surface area (Å²) in [5, 5.41) is 11.2. The first-order valence-corrected chi connectivity index (χ1v) is 6.90. The van der Waals surface area contributed by atoms with Crippen molar-refractivity contribution in [2.45, 2.75) is 19.8 Å². The number of hydrogen-bond acceptors (Lipinski definition) is 4. The normalized spacial score (nSPS) is 10.4. The van der Waals surface area contributed by atoms with E-state index in [9.17, 15) is 4.79 Å². The Balaban J connectivity index is 1.74. The van der Waals surface area contributed by atoms with Crippen molar-refractivity contribution in [1.29, 1.82) is 0 Å². The molecule has 1 aromatic carbocycles. The van der Waals surface area contributed by atoms with E-state index in [-0.39, 0.29) is 5.69 Å². The lowest BCUT2D eigenvalue weighted by Crippen LogP contribution is -2.00. The second-order valence-electron chi connectivity index (χ2n) is 4.20. The van der Waals surface area contributed by atoms with Gasteiger partial charge in [-0.15, -0.1) is 11.3 Å². The van der Waals surface area contributed by atoms with Gasteiger partial charge >= 0.3 is 5.97 Å². The number of aryl methyl sites for hydroxylation is 2. The highest BCUT2D eigenvalue weighted by molar-refractivity contribution is 7.09. The zero-order valence-corrected chi connectivity index (χ0v) is 11.4. The molecule has 0 amide bonds. The SMILES string of the molecule is Cc1ccc(OCCCc2nc(C(=O)O)cs2)cc1. The lowest BCUT2D eigenvalue weighted by atomic mass is 10.2. The van der Waals surface area contributed by atoms with Crippen LogP contribution in [0.25, 0.3) is 0 Å². The summed E-state index contributed by atoms with van der Waals surface area (Å²) in [6.07, 6.45) is 1.56. The van der Waals surface area contributed by atoms with Crippen molar-refractivity contribution in [2.75, 3.05) is 6.61 Å². The molecule has 0 aliphatic heterocycles. The smallest absolute Gasteiger partial charge is 0.355 e. The lowest BCUT2D eigenvalue weighted by Gasteiger charge is -2.05. The van der Waals surface area contributed by atoms with Gasteiger partial charge in [-0.3, -0.25) is 0 Å². The molecule has 0 spiro atoms. The van der Waals surface area contributed by atoms with Crippen LogP contribution in [0, 0.1) is 6.92 Å². The van der Waals surface area contributed by atoms with Gasteiger partial charge < -0.3 is 9.84 Å². The number of carboxylic acid groups (broad SMARTS) is 1. The fourth-order valence-corrected chi connectivity index (χ4v) is 2.39. The number of ether oxygens (including phenoxy) is 1. The van der Waals surface area contributed by atoms with E-state index in [1.54, 1.807) is 5.38 Å². The quantitative estimate of drug-likeness (QED) is 0.824. The average molecular weight is 277 g/mol. The summed E-state index contributed by atoms with van der Waals surface area (Å²) < 4.78 is 5.60. The van der Waals surface area contributed by atoms with Crippen molar-refractivity contribution < 1.29 is 14.6 Å². The standard InChI is InChI=1S/C14H15NO3S/c1-10-4-6-11(7-5-10)18-8-2-3-13-15-12(9-19-13)14(16)17/h4-7,9H,2-3,8H2,1H3,(H,16,17). The molecule has 0 atom stereocenters. The van der Waals surface area contributed by atoms with Gasteiger partial charge in [0.25, 0.3) is 0 Å². The molecule has 2 rings (SSSR count). The zero-order chi connectivity index (χ0) is 13.7. The molecule has 0 radical (unpaired) electrons. The summed E-state index contributed by atoms with van der Waals surface area (Å²) in [7, 11) is 0. The molecule has 1 aromatic heterocycles. The van der Waals surface area contributed by atoms with Crippen LogP contribution in [0.4, 0.5) is 0 Å². The number of benzene rings is 1. The van der Waals surface area contributed by atoms with E-state index in [2.05, 4.69) is 4.98 Å². The predicted octanol–water partition coefficient (Wildman–Crippen LogP) is 3.16. The summed E-state index contributed by atoms with van der Waals surface area (Å²) in [6, 6.07) is 7.91. The minimum atomic E-state index is -0.974. The Bertz CT molecular complexity index is 548. The maximum absolute atomic E-state index is 10.7. The fourth-order valence-electron chi connectivity index (χ4n) is 1.57. The van der Waals surface area contributed by atoms with E-state index in [1.807, 2.05) is 31.2 Å². The number of carbonyl (C=O) groups is 1. The van der Waals surface area contributed by atoms with E-state index < -0.39 is 5.97 Å². The molecule has 100 valence electrons. The van der Waals surface area contributed by atoms with Gasteiger partial charge in [0.1, 0.15) is 5.75 Å². The van der Waals surface area contributed by atoms with Crippen LogP contribution in [0.2, 0.25) is 0 Å². The summed E-state index contributed by atoms with van der Waals surface area (Å²) in [5.74, 6) is -0.116. The molecule has 0 saturated heterocycles. The minimum absolute atomic E-state index is 0.124. The monoisotopic (exact) mass is 277 g/mol. The van der Waals surface area contributed by atoms with Crippen LogP contribution in [-0.4, -0.2) is 22.7 Å². The predicted molar refractivity (Wildman–Crippen MR) is 74.1 cm³/mol. The molecule has 0 unspecified atom stereocenters. The largest absolute Gasteiger partial charge is 0.494 e. The molecule has 1 heterocycles. The highest BCUT2D eigenvalue weighted by Crippen LogP contribution is 2.14. The van der Waals surface area contributed by atoms with Gasteiger partial charge in [0.15, 0.2) is 5.69 Å². The molecule has 0 bridgehead atoms. The fraction of sp³-hybridized carbons (Fsp3) is 0.286. The Morgan fingerprint density at radius 1 is 1.37 bits per heavy atom. The van der Waals surface area contributed by atoms with Crippen LogP contribution in [0.5, 0.6) is 5.75 Å². The van der Waals surface area contributed by atoms with E-state index in [4.69, 9.17) is 9.84 Å². The van der Waals surface area contributed by atoms with Crippen molar-refractivity contribution in [3.8, 4) is 5.75 Å². The van der Waals surface area contributed by atoms with Crippen LogP contribution < -0.4 is 4.74 Å². The van der Waals surface area contributed by atoms with Crippen LogP contribution >= 0.6 is 11.3 Å². The second-order valence-corrected chi connectivity index (χ2v) is 5.14. The molecule has 0 aliphatic carbocycles. The van der Waals surface area contributed by atoms with E-state index in [1.165, 1.54) is 16.9 Å². The zero-order valence-electron chi connectivity index (χ0n) is 10.6. The van der Waals surface area contributed by atoms with Gasteiger partial charge in [0, 0.05) is 11.8 Å². The summed E-state index contributed by atoms with van der Waals surface area (Å²) in [6.45, 7) is 2.64. The molecule has 0 fully saturated rings. The third-order valence-corrected chi connectivity index (χ3v) is 3.50. The number of hydrogen-bond donors (Lipinski definition) is 1. The minimum Gasteiger partial charge on any atom is -0.494 e. The number of aromatic carboxylic acids is 1. The van der Waals surface area contributed by atoms with Crippen LogP contribution in [-0.2, 0) is 6.42 Å². The van der Waals surface area contributed by atoms with Gasteiger partial charge in [-0.05, 0) is 25.5 Å². The van der Waals surface area contributed by atoms with Gasteiger partial charge in [-0.2, -0.15) is 0 Å². The van der Waals surface area contributed by atoms with Crippen LogP contribution in [0.15, 0.2) is 29.6 Å². The molecule has 19 heavy (non-hydrogen) atoms. The van der Waals surface area contributed by atoms with E-state index >= 15 is 0 Å². The number of nitrogens with zero attached hydrogens (tertiary/aromatic N) is 1. The van der Waals surface area contributed by atoms with Crippen molar-refractivity contribution in [2.24, 2.45) is 0 Å². The van der Waals surface area contributed by atoms with Gasteiger partial charge in [-0.25, -0.2) is 9.78 Å². The maximum atomic E-state index is 10.7. The first kappa shape index (κ1) is 13.5. The molecule has 1 N–H and O–H groups in total. The van der Waals surface area contributed by atoms with Crippen LogP contribution in [0.3, 0.4) is 0 Å². The summed E-state index contributed by atoms with van der Waals surface area (Å²) in [5.41, 5.74) is 1.33. The van der Waals surface area contributed by atoms with Crippen molar-refractivity contribution in [3.05, 3.63) is 45.9 Å². The Morgan fingerprint density at radius 2 is 2.11 bits per heavy atom. The third kappa shape index (κ3) is 4.06. The van der Waals surface area contributed by atoms with Gasteiger partial charge in [0.05, 0.1) is 11.6 Å². The second kappa shape index (κ2) is 6.33. The van der Waals surface area contributed by atoms with Crippen LogP contribution in [0.1, 0.15) is 27.5 Å². The number of rotatable bonds is 6. The Labute approximate surface area is 115 Å². The van der Waals surface area contributed by atoms with Crippen molar-refractivity contribution in [1.82, 2.24) is 4.98 Å². The molecular formula is C14H15NO3S. The first-order chi connectivity index (χ1) is 9.15. The topological polar surface area (TPSA) is 59.4 Å². The molecule has 0 saturated carbocycles. The molecule has 4 nitrogen and oxygen atoms in total. The van der Waals surface area contributed by atoms with Gasteiger partial charge in [0.2, 0.25) is 0 Å². The Hall–Kier alpha value is -1.88. The Kier molecular flexibility index (Phi) is 4.52. The Morgan fingerprint density at radius 3 is 2.74 bits per heavy atom.